The van der Waals surface area contributed by atoms with Crippen LogP contribution in [0, 0.1) is 0 Å². The lowest BCUT2D eigenvalue weighted by molar-refractivity contribution is -0.126. The minimum absolute atomic E-state index is 0.189. The molecule has 110 valence electrons. The zero-order valence-electron chi connectivity index (χ0n) is 11.3. The minimum atomic E-state index is -0.702. The summed E-state index contributed by atoms with van der Waals surface area (Å²) in [6, 6.07) is 5.10. The van der Waals surface area contributed by atoms with Gasteiger partial charge in [-0.05, 0) is 23.8 Å². The molecule has 1 aromatic carbocycles. The molecule has 0 aromatic heterocycles. The van der Waals surface area contributed by atoms with Gasteiger partial charge in [-0.15, -0.1) is 0 Å². The number of methoxy groups -OCH3 is 1. The van der Waals surface area contributed by atoms with Crippen molar-refractivity contribution in [3.8, 4) is 0 Å². The van der Waals surface area contributed by atoms with Gasteiger partial charge in [-0.3, -0.25) is 4.79 Å². The third-order valence-electron chi connectivity index (χ3n) is 2.58. The lowest BCUT2D eigenvalue weighted by Gasteiger charge is -2.18. The topological polar surface area (TPSA) is 49.8 Å². The highest BCUT2D eigenvalue weighted by molar-refractivity contribution is 6.42. The summed E-state index contributed by atoms with van der Waals surface area (Å²) in [5, 5.41) is 10.4. The van der Waals surface area contributed by atoms with Crippen molar-refractivity contribution in [1.82, 2.24) is 4.90 Å². The second-order valence-corrected chi connectivity index (χ2v) is 5.15. The molecule has 1 N–H and O–H groups in total. The van der Waals surface area contributed by atoms with E-state index in [1.807, 2.05) is 0 Å². The highest BCUT2D eigenvalue weighted by Crippen LogP contribution is 2.23. The van der Waals surface area contributed by atoms with Crippen LogP contribution in [-0.4, -0.2) is 49.3 Å². The lowest BCUT2D eigenvalue weighted by Crippen LogP contribution is -2.35. The van der Waals surface area contributed by atoms with Gasteiger partial charge in [0.2, 0.25) is 5.91 Å². The van der Waals surface area contributed by atoms with Crippen molar-refractivity contribution in [2.75, 3.05) is 27.3 Å². The van der Waals surface area contributed by atoms with Gasteiger partial charge in [0.1, 0.15) is 0 Å². The maximum absolute atomic E-state index is 11.8. The molecule has 1 rings (SSSR count). The first-order valence-corrected chi connectivity index (χ1v) is 6.75. The monoisotopic (exact) mass is 317 g/mol. The van der Waals surface area contributed by atoms with Gasteiger partial charge in [0.15, 0.2) is 0 Å². The van der Waals surface area contributed by atoms with Gasteiger partial charge in [0.25, 0.3) is 0 Å². The molecular weight excluding hydrogens is 301 g/mol. The third kappa shape index (κ3) is 5.51. The van der Waals surface area contributed by atoms with E-state index < -0.39 is 6.10 Å². The number of ether oxygens (including phenoxy) is 1. The fourth-order valence-electron chi connectivity index (χ4n) is 1.56. The summed E-state index contributed by atoms with van der Waals surface area (Å²) in [6.07, 6.45) is 2.36. The molecule has 20 heavy (non-hydrogen) atoms. The first kappa shape index (κ1) is 17.0. The summed E-state index contributed by atoms with van der Waals surface area (Å²) in [6.45, 7) is 0.395. The number of hydrogen-bond donors (Lipinski definition) is 1. The van der Waals surface area contributed by atoms with Crippen LogP contribution in [0.3, 0.4) is 0 Å². The quantitative estimate of drug-likeness (QED) is 0.820. The van der Waals surface area contributed by atoms with Crippen molar-refractivity contribution >= 4 is 35.2 Å². The number of nitrogens with zero attached hydrogens (tertiary/aromatic N) is 1. The molecule has 0 bridgehead atoms. The Hall–Kier alpha value is -1.07. The van der Waals surface area contributed by atoms with E-state index in [4.69, 9.17) is 27.9 Å². The molecule has 1 unspecified atom stereocenters. The van der Waals surface area contributed by atoms with Crippen molar-refractivity contribution in [1.29, 1.82) is 0 Å². The minimum Gasteiger partial charge on any atom is -0.389 e. The van der Waals surface area contributed by atoms with Crippen LogP contribution in [0.1, 0.15) is 5.56 Å². The van der Waals surface area contributed by atoms with Crippen molar-refractivity contribution < 1.29 is 14.6 Å². The second-order valence-electron chi connectivity index (χ2n) is 4.33. The molecule has 0 heterocycles. The first-order valence-electron chi connectivity index (χ1n) is 5.99. The molecule has 4 nitrogen and oxygen atoms in total. The van der Waals surface area contributed by atoms with Crippen LogP contribution in [0.2, 0.25) is 10.0 Å². The van der Waals surface area contributed by atoms with Crippen molar-refractivity contribution in [3.05, 3.63) is 39.9 Å². The van der Waals surface area contributed by atoms with Crippen LogP contribution in [0.5, 0.6) is 0 Å². The summed E-state index contributed by atoms with van der Waals surface area (Å²) in [5.74, 6) is -0.216. The average molecular weight is 318 g/mol. The van der Waals surface area contributed by atoms with Gasteiger partial charge in [0, 0.05) is 26.8 Å². The summed E-state index contributed by atoms with van der Waals surface area (Å²) in [5.41, 5.74) is 0.776. The molecule has 0 radical (unpaired) electrons. The second kappa shape index (κ2) is 8.27. The smallest absolute Gasteiger partial charge is 0.246 e. The number of hydrogen-bond acceptors (Lipinski definition) is 3. The average Bonchev–Trinajstić information content (AvgIpc) is 2.39. The van der Waals surface area contributed by atoms with Gasteiger partial charge < -0.3 is 14.7 Å². The number of amides is 1. The SMILES string of the molecule is COCC(O)CN(C)C(=O)C=Cc1ccc(Cl)c(Cl)c1. The Labute approximate surface area is 128 Å². The van der Waals surface area contributed by atoms with Gasteiger partial charge in [-0.2, -0.15) is 0 Å². The highest BCUT2D eigenvalue weighted by atomic mass is 35.5. The van der Waals surface area contributed by atoms with Gasteiger partial charge >= 0.3 is 0 Å². The zero-order valence-corrected chi connectivity index (χ0v) is 12.9. The Bertz CT molecular complexity index is 491. The number of benzene rings is 1. The van der Waals surface area contributed by atoms with E-state index in [-0.39, 0.29) is 19.1 Å². The number of carbonyl (C=O) groups excluding carboxylic acids is 1. The number of carbonyl (C=O) groups is 1. The van der Waals surface area contributed by atoms with Gasteiger partial charge in [-0.1, -0.05) is 29.3 Å². The third-order valence-corrected chi connectivity index (χ3v) is 3.32. The van der Waals surface area contributed by atoms with Crippen molar-refractivity contribution in [3.63, 3.8) is 0 Å². The molecule has 0 fully saturated rings. The predicted molar refractivity (Wildman–Crippen MR) is 81.0 cm³/mol. The molecule has 0 aliphatic rings. The van der Waals surface area contributed by atoms with Crippen LogP contribution in [0.4, 0.5) is 0 Å². The molecule has 1 atom stereocenters. The molecule has 0 saturated heterocycles. The van der Waals surface area contributed by atoms with Gasteiger partial charge in [-0.25, -0.2) is 0 Å². The first-order chi connectivity index (χ1) is 9.43. The molecule has 1 amide bonds. The Kier molecular flexibility index (Phi) is 7.02. The van der Waals surface area contributed by atoms with Gasteiger partial charge in [0.05, 0.1) is 22.8 Å². The molecule has 0 aliphatic heterocycles. The molecule has 0 aliphatic carbocycles. The zero-order chi connectivity index (χ0) is 15.1. The summed E-state index contributed by atoms with van der Waals surface area (Å²) in [4.78, 5) is 13.3. The maximum Gasteiger partial charge on any atom is 0.246 e. The standard InChI is InChI=1S/C14H17Cl2NO3/c1-17(8-11(18)9-20-2)14(19)6-4-10-3-5-12(15)13(16)7-10/h3-7,11,18H,8-9H2,1-2H3. The number of aliphatic hydroxyl groups excluding tert-OH is 1. The Morgan fingerprint density at radius 3 is 2.75 bits per heavy atom. The summed E-state index contributed by atoms with van der Waals surface area (Å²) >= 11 is 11.7. The van der Waals surface area contributed by atoms with E-state index in [0.29, 0.717) is 10.0 Å². The number of rotatable bonds is 6. The Morgan fingerprint density at radius 2 is 2.15 bits per heavy atom. The molecule has 0 saturated carbocycles. The fraction of sp³-hybridized carbons (Fsp3) is 0.357. The summed E-state index contributed by atoms with van der Waals surface area (Å²) in [7, 11) is 3.11. The van der Waals surface area contributed by atoms with E-state index >= 15 is 0 Å². The van der Waals surface area contributed by atoms with Crippen LogP contribution in [0.15, 0.2) is 24.3 Å². The predicted octanol–water partition coefficient (Wildman–Crippen LogP) is 2.47. The number of halogens is 2. The maximum atomic E-state index is 11.8. The number of aliphatic hydroxyl groups is 1. The van der Waals surface area contributed by atoms with Crippen molar-refractivity contribution in [2.45, 2.75) is 6.10 Å². The number of likely N-dealkylation sites (N-methyl/N-ethyl adjacent to an activating group) is 1. The molecule has 6 heteroatoms. The van der Waals surface area contributed by atoms with Crippen LogP contribution < -0.4 is 0 Å². The van der Waals surface area contributed by atoms with Crippen LogP contribution in [0.25, 0.3) is 6.08 Å². The van der Waals surface area contributed by atoms with E-state index in [0.717, 1.165) is 5.56 Å². The lowest BCUT2D eigenvalue weighted by atomic mass is 10.2. The molecule has 0 spiro atoms. The van der Waals surface area contributed by atoms with Crippen LogP contribution >= 0.6 is 23.2 Å². The van der Waals surface area contributed by atoms with E-state index in [2.05, 4.69) is 0 Å². The molecule has 1 aromatic rings. The molecular formula is C14H17Cl2NO3. The van der Waals surface area contributed by atoms with E-state index in [1.165, 1.54) is 18.1 Å². The normalized spacial score (nSPS) is 12.7. The Morgan fingerprint density at radius 1 is 1.45 bits per heavy atom. The van der Waals surface area contributed by atoms with Crippen molar-refractivity contribution in [2.24, 2.45) is 0 Å². The summed E-state index contributed by atoms with van der Waals surface area (Å²) < 4.78 is 4.80. The largest absolute Gasteiger partial charge is 0.389 e. The van der Waals surface area contributed by atoms with E-state index in [9.17, 15) is 9.90 Å². The van der Waals surface area contributed by atoms with Crippen LogP contribution in [-0.2, 0) is 9.53 Å². The Balaban J connectivity index is 2.60. The highest BCUT2D eigenvalue weighted by Gasteiger charge is 2.11. The van der Waals surface area contributed by atoms with E-state index in [1.54, 1.807) is 31.3 Å². The fourth-order valence-corrected chi connectivity index (χ4v) is 1.87.